The van der Waals surface area contributed by atoms with Crippen LogP contribution in [0.5, 0.6) is 0 Å². The third-order valence-electron chi connectivity index (χ3n) is 4.14. The molecule has 1 fully saturated rings. The third-order valence-corrected chi connectivity index (χ3v) is 4.14. The van der Waals surface area contributed by atoms with Crippen LogP contribution >= 0.6 is 0 Å². The van der Waals surface area contributed by atoms with E-state index in [1.54, 1.807) is 12.2 Å². The van der Waals surface area contributed by atoms with Gasteiger partial charge in [-0.3, -0.25) is 9.59 Å². The topological polar surface area (TPSA) is 129 Å². The van der Waals surface area contributed by atoms with Crippen molar-refractivity contribution in [2.45, 2.75) is 18.6 Å². The summed E-state index contributed by atoms with van der Waals surface area (Å²) < 4.78 is 20.8. The summed E-state index contributed by atoms with van der Waals surface area (Å²) in [4.78, 5) is 36.6. The predicted octanol–water partition coefficient (Wildman–Crippen LogP) is -0.883. The summed E-state index contributed by atoms with van der Waals surface area (Å²) in [6.07, 6.45) is 2.40. The predicted molar refractivity (Wildman–Crippen MR) is 85.6 cm³/mol. The molecule has 2 aliphatic heterocycles. The third kappa shape index (κ3) is 3.95. The fraction of sp³-hybridized carbons (Fsp3) is 0.588. The first kappa shape index (κ1) is 20.1. The molecule has 26 heavy (non-hydrogen) atoms. The molecule has 0 radical (unpaired) electrons. The Morgan fingerprint density at radius 3 is 2.31 bits per heavy atom. The number of aliphatic hydroxyl groups is 2. The summed E-state index contributed by atoms with van der Waals surface area (Å²) in [5.74, 6) is -4.29. The molecule has 0 aromatic heterocycles. The quantitative estimate of drug-likeness (QED) is 0.230. The standard InChI is InChI=1S/C17H22O9/c1-10(2)14(20)25-9-17-4-3-11(26-17)12(15(21)23-7-5-18)13(17)16(22)24-8-6-19/h3-4,11-13,18-19H,1,5-9H2,2H3. The Bertz CT molecular complexity index is 611. The van der Waals surface area contributed by atoms with Gasteiger partial charge in [-0.1, -0.05) is 12.7 Å². The number of ether oxygens (including phenoxy) is 4. The highest BCUT2D eigenvalue weighted by molar-refractivity contribution is 5.88. The number of esters is 3. The monoisotopic (exact) mass is 370 g/mol. The molecule has 0 aromatic rings. The average molecular weight is 370 g/mol. The number of carbonyl (C=O) groups is 3. The van der Waals surface area contributed by atoms with Crippen molar-refractivity contribution in [3.63, 3.8) is 0 Å². The fourth-order valence-electron chi connectivity index (χ4n) is 3.02. The van der Waals surface area contributed by atoms with Crippen LogP contribution in [-0.4, -0.2) is 72.9 Å². The molecular formula is C17H22O9. The van der Waals surface area contributed by atoms with Crippen molar-refractivity contribution < 1.29 is 43.5 Å². The van der Waals surface area contributed by atoms with Crippen LogP contribution in [0.3, 0.4) is 0 Å². The molecule has 0 saturated carbocycles. The van der Waals surface area contributed by atoms with Crippen molar-refractivity contribution in [3.8, 4) is 0 Å². The van der Waals surface area contributed by atoms with Gasteiger partial charge >= 0.3 is 17.9 Å². The lowest BCUT2D eigenvalue weighted by atomic mass is 9.75. The lowest BCUT2D eigenvalue weighted by Crippen LogP contribution is -2.48. The van der Waals surface area contributed by atoms with E-state index in [0.29, 0.717) is 0 Å². The van der Waals surface area contributed by atoms with Crippen molar-refractivity contribution in [3.05, 3.63) is 24.3 Å². The number of rotatable bonds is 9. The van der Waals surface area contributed by atoms with E-state index in [-0.39, 0.29) is 38.6 Å². The lowest BCUT2D eigenvalue weighted by Gasteiger charge is -2.30. The molecule has 0 amide bonds. The molecule has 2 N–H and O–H groups in total. The van der Waals surface area contributed by atoms with Gasteiger partial charge in [0.2, 0.25) is 0 Å². The van der Waals surface area contributed by atoms with Crippen LogP contribution in [0.2, 0.25) is 0 Å². The van der Waals surface area contributed by atoms with Crippen LogP contribution in [0.1, 0.15) is 6.92 Å². The Kier molecular flexibility index (Phi) is 6.52. The van der Waals surface area contributed by atoms with E-state index in [1.807, 2.05) is 0 Å². The zero-order valence-electron chi connectivity index (χ0n) is 14.4. The van der Waals surface area contributed by atoms with E-state index in [1.165, 1.54) is 6.92 Å². The summed E-state index contributed by atoms with van der Waals surface area (Å²) in [6.45, 7) is 3.44. The van der Waals surface area contributed by atoms with Crippen LogP contribution in [0.15, 0.2) is 24.3 Å². The molecule has 2 bridgehead atoms. The van der Waals surface area contributed by atoms with Gasteiger partial charge in [-0.15, -0.1) is 0 Å². The van der Waals surface area contributed by atoms with Crippen molar-refractivity contribution in [2.75, 3.05) is 33.0 Å². The molecule has 2 heterocycles. The van der Waals surface area contributed by atoms with Crippen molar-refractivity contribution >= 4 is 17.9 Å². The summed E-state index contributed by atoms with van der Waals surface area (Å²) in [7, 11) is 0. The number of carbonyl (C=O) groups excluding carboxylic acids is 3. The molecule has 2 aliphatic rings. The summed E-state index contributed by atoms with van der Waals surface area (Å²) >= 11 is 0. The second-order valence-electron chi connectivity index (χ2n) is 6.04. The molecule has 4 atom stereocenters. The summed E-state index contributed by atoms with van der Waals surface area (Å²) in [5, 5.41) is 17.7. The second-order valence-corrected chi connectivity index (χ2v) is 6.04. The van der Waals surface area contributed by atoms with Gasteiger partial charge in [-0.05, 0) is 13.0 Å². The van der Waals surface area contributed by atoms with Crippen LogP contribution in [0.25, 0.3) is 0 Å². The van der Waals surface area contributed by atoms with Gasteiger partial charge in [0.05, 0.1) is 19.3 Å². The highest BCUT2D eigenvalue weighted by Gasteiger charge is 2.63. The zero-order valence-corrected chi connectivity index (χ0v) is 14.4. The maximum atomic E-state index is 12.5. The molecule has 1 saturated heterocycles. The first-order valence-electron chi connectivity index (χ1n) is 8.11. The van der Waals surface area contributed by atoms with E-state index in [4.69, 9.17) is 29.2 Å². The second kappa shape index (κ2) is 8.43. The highest BCUT2D eigenvalue weighted by atomic mass is 16.6. The molecule has 0 aliphatic carbocycles. The first-order chi connectivity index (χ1) is 12.4. The van der Waals surface area contributed by atoms with Gasteiger partial charge in [0, 0.05) is 5.57 Å². The van der Waals surface area contributed by atoms with E-state index >= 15 is 0 Å². The Morgan fingerprint density at radius 1 is 1.12 bits per heavy atom. The number of hydrogen-bond donors (Lipinski definition) is 2. The fourth-order valence-corrected chi connectivity index (χ4v) is 3.02. The Morgan fingerprint density at radius 2 is 1.73 bits per heavy atom. The van der Waals surface area contributed by atoms with Crippen LogP contribution < -0.4 is 0 Å². The molecular weight excluding hydrogens is 348 g/mol. The van der Waals surface area contributed by atoms with Crippen LogP contribution in [0.4, 0.5) is 0 Å². The number of aliphatic hydroxyl groups excluding tert-OH is 2. The zero-order chi connectivity index (χ0) is 19.3. The highest BCUT2D eigenvalue weighted by Crippen LogP contribution is 2.48. The number of fused-ring (bicyclic) bond motifs is 2. The molecule has 144 valence electrons. The molecule has 4 unspecified atom stereocenters. The van der Waals surface area contributed by atoms with Crippen molar-refractivity contribution in [1.29, 1.82) is 0 Å². The maximum absolute atomic E-state index is 12.5. The van der Waals surface area contributed by atoms with Crippen LogP contribution in [0, 0.1) is 11.8 Å². The lowest BCUT2D eigenvalue weighted by molar-refractivity contribution is -0.165. The largest absolute Gasteiger partial charge is 0.463 e. The van der Waals surface area contributed by atoms with Gasteiger partial charge < -0.3 is 29.2 Å². The minimum Gasteiger partial charge on any atom is -0.463 e. The Hall–Kier alpha value is -2.23. The number of hydrogen-bond acceptors (Lipinski definition) is 9. The molecule has 9 nitrogen and oxygen atoms in total. The summed E-state index contributed by atoms with van der Waals surface area (Å²) in [5.41, 5.74) is -1.19. The molecule has 0 aromatic carbocycles. The van der Waals surface area contributed by atoms with E-state index < -0.39 is 41.4 Å². The van der Waals surface area contributed by atoms with Gasteiger partial charge in [0.1, 0.15) is 37.3 Å². The smallest absolute Gasteiger partial charge is 0.333 e. The average Bonchev–Trinajstić information content (AvgIpc) is 3.18. The normalized spacial score (nSPS) is 28.7. The van der Waals surface area contributed by atoms with Crippen molar-refractivity contribution in [2.24, 2.45) is 11.8 Å². The van der Waals surface area contributed by atoms with E-state index in [2.05, 4.69) is 6.58 Å². The van der Waals surface area contributed by atoms with Gasteiger partial charge in [0.25, 0.3) is 0 Å². The minimum atomic E-state index is -1.37. The molecule has 0 spiro atoms. The van der Waals surface area contributed by atoms with Crippen molar-refractivity contribution in [1.82, 2.24) is 0 Å². The summed E-state index contributed by atoms with van der Waals surface area (Å²) in [6, 6.07) is 0. The van der Waals surface area contributed by atoms with Gasteiger partial charge in [0.15, 0.2) is 0 Å². The maximum Gasteiger partial charge on any atom is 0.333 e. The first-order valence-corrected chi connectivity index (χ1v) is 8.11. The minimum absolute atomic E-state index is 0.177. The van der Waals surface area contributed by atoms with E-state index in [9.17, 15) is 14.4 Å². The van der Waals surface area contributed by atoms with Gasteiger partial charge in [-0.2, -0.15) is 0 Å². The van der Waals surface area contributed by atoms with Gasteiger partial charge in [-0.25, -0.2) is 4.79 Å². The Balaban J connectivity index is 2.23. The SMILES string of the molecule is C=C(C)C(=O)OCC12C=CC(O1)C(C(=O)OCCO)C2C(=O)OCCO. The Labute approximate surface area is 150 Å². The molecule has 9 heteroatoms. The van der Waals surface area contributed by atoms with E-state index in [0.717, 1.165) is 0 Å². The van der Waals surface area contributed by atoms with Crippen LogP contribution in [-0.2, 0) is 33.3 Å². The molecule has 2 rings (SSSR count).